The molecular formula is C17H18F3N3OS. The number of rotatable bonds is 4. The average molecular weight is 369 g/mol. The number of hydrogen-bond donors (Lipinski definition) is 2. The van der Waals surface area contributed by atoms with Gasteiger partial charge in [0.15, 0.2) is 0 Å². The Labute approximate surface area is 147 Å². The molecule has 0 spiro atoms. The van der Waals surface area contributed by atoms with Crippen LogP contribution in [-0.4, -0.2) is 17.6 Å². The van der Waals surface area contributed by atoms with Crippen LogP contribution in [0.2, 0.25) is 0 Å². The summed E-state index contributed by atoms with van der Waals surface area (Å²) in [5.74, 6) is 0. The summed E-state index contributed by atoms with van der Waals surface area (Å²) in [6.45, 7) is 0.429. The largest absolute Gasteiger partial charge is 0.416 e. The van der Waals surface area contributed by atoms with Crippen LogP contribution in [0.1, 0.15) is 34.0 Å². The molecule has 0 fully saturated rings. The third-order valence-corrected chi connectivity index (χ3v) is 5.20. The lowest BCUT2D eigenvalue weighted by Gasteiger charge is -2.09. The van der Waals surface area contributed by atoms with Crippen LogP contribution in [-0.2, 0) is 25.4 Å². The second-order valence-electron chi connectivity index (χ2n) is 5.89. The summed E-state index contributed by atoms with van der Waals surface area (Å²) in [6.07, 6.45) is 0.792. The summed E-state index contributed by atoms with van der Waals surface area (Å²) in [7, 11) is 0. The Morgan fingerprint density at radius 3 is 2.56 bits per heavy atom. The van der Waals surface area contributed by atoms with Gasteiger partial charge in [-0.1, -0.05) is 0 Å². The van der Waals surface area contributed by atoms with Crippen LogP contribution in [0.4, 0.5) is 23.7 Å². The Hall–Kier alpha value is -2.09. The molecule has 1 aromatic heterocycles. The molecule has 134 valence electrons. The van der Waals surface area contributed by atoms with E-state index in [1.54, 1.807) is 11.3 Å². The first-order valence-corrected chi connectivity index (χ1v) is 8.93. The maximum atomic E-state index is 12.5. The van der Waals surface area contributed by atoms with Gasteiger partial charge in [0.1, 0.15) is 0 Å². The molecule has 2 N–H and O–H groups in total. The average Bonchev–Trinajstić information content (AvgIpc) is 2.97. The van der Waals surface area contributed by atoms with E-state index < -0.39 is 17.8 Å². The summed E-state index contributed by atoms with van der Waals surface area (Å²) in [5.41, 5.74) is 0.766. The SMILES string of the molecule is O=C(NCCc1nc2c(s1)CCCC2)Nc1ccc(C(F)(F)F)cc1. The first kappa shape index (κ1) is 17.7. The van der Waals surface area contributed by atoms with Crippen LogP contribution >= 0.6 is 11.3 Å². The summed E-state index contributed by atoms with van der Waals surface area (Å²) < 4.78 is 37.5. The monoisotopic (exact) mass is 369 g/mol. The molecule has 0 bridgehead atoms. The fourth-order valence-electron chi connectivity index (χ4n) is 2.71. The van der Waals surface area contributed by atoms with Gasteiger partial charge in [0, 0.05) is 23.5 Å². The number of aromatic nitrogens is 1. The van der Waals surface area contributed by atoms with Crippen LogP contribution in [0.15, 0.2) is 24.3 Å². The maximum absolute atomic E-state index is 12.5. The summed E-state index contributed by atoms with van der Waals surface area (Å²) in [5, 5.41) is 6.24. The van der Waals surface area contributed by atoms with Crippen LogP contribution in [0.25, 0.3) is 0 Å². The number of nitrogens with one attached hydrogen (secondary N) is 2. The van der Waals surface area contributed by atoms with Gasteiger partial charge in [-0.15, -0.1) is 11.3 Å². The van der Waals surface area contributed by atoms with Gasteiger partial charge in [0.2, 0.25) is 0 Å². The quantitative estimate of drug-likeness (QED) is 0.839. The highest BCUT2D eigenvalue weighted by Crippen LogP contribution is 2.30. The van der Waals surface area contributed by atoms with Gasteiger partial charge in [-0.25, -0.2) is 9.78 Å². The summed E-state index contributed by atoms with van der Waals surface area (Å²) in [4.78, 5) is 17.8. The van der Waals surface area contributed by atoms with E-state index in [0.717, 1.165) is 30.0 Å². The lowest BCUT2D eigenvalue weighted by Crippen LogP contribution is -2.30. The van der Waals surface area contributed by atoms with E-state index >= 15 is 0 Å². The number of urea groups is 1. The minimum absolute atomic E-state index is 0.315. The van der Waals surface area contributed by atoms with E-state index in [0.29, 0.717) is 18.7 Å². The van der Waals surface area contributed by atoms with Crippen molar-refractivity contribution in [3.05, 3.63) is 45.4 Å². The van der Waals surface area contributed by atoms with Gasteiger partial charge in [-0.3, -0.25) is 0 Å². The number of carbonyl (C=O) groups is 1. The van der Waals surface area contributed by atoms with Gasteiger partial charge in [0.25, 0.3) is 0 Å². The Kier molecular flexibility index (Phi) is 5.27. The van der Waals surface area contributed by atoms with Crippen molar-refractivity contribution in [2.24, 2.45) is 0 Å². The van der Waals surface area contributed by atoms with E-state index in [2.05, 4.69) is 15.6 Å². The standard InChI is InChI=1S/C17H18F3N3OS/c18-17(19,20)11-5-7-12(8-6-11)22-16(24)21-10-9-15-23-13-3-1-2-4-14(13)25-15/h5-8H,1-4,9-10H2,(H2,21,22,24). The van der Waals surface area contributed by atoms with Crippen LogP contribution in [0.3, 0.4) is 0 Å². The zero-order valence-electron chi connectivity index (χ0n) is 13.4. The molecule has 3 rings (SSSR count). The zero-order chi connectivity index (χ0) is 17.9. The predicted octanol–water partition coefficient (Wildman–Crippen LogP) is 4.40. The van der Waals surface area contributed by atoms with Crippen molar-refractivity contribution in [2.45, 2.75) is 38.3 Å². The van der Waals surface area contributed by atoms with Gasteiger partial charge >= 0.3 is 12.2 Å². The number of carbonyl (C=O) groups excluding carboxylic acids is 1. The molecule has 25 heavy (non-hydrogen) atoms. The Morgan fingerprint density at radius 2 is 1.88 bits per heavy atom. The molecule has 1 aliphatic rings. The number of amides is 2. The van der Waals surface area contributed by atoms with E-state index in [1.165, 1.54) is 35.5 Å². The third-order valence-electron chi connectivity index (χ3n) is 3.98. The molecular weight excluding hydrogens is 351 g/mol. The highest BCUT2D eigenvalue weighted by atomic mass is 32.1. The number of hydrogen-bond acceptors (Lipinski definition) is 3. The fraction of sp³-hybridized carbons (Fsp3) is 0.412. The van der Waals surface area contributed by atoms with Gasteiger partial charge in [-0.2, -0.15) is 13.2 Å². The van der Waals surface area contributed by atoms with E-state index in [-0.39, 0.29) is 0 Å². The Balaban J connectivity index is 1.46. The van der Waals surface area contributed by atoms with Crippen molar-refractivity contribution < 1.29 is 18.0 Å². The second-order valence-corrected chi connectivity index (χ2v) is 7.06. The molecule has 0 saturated carbocycles. The van der Waals surface area contributed by atoms with E-state index in [4.69, 9.17) is 0 Å². The van der Waals surface area contributed by atoms with Crippen molar-refractivity contribution in [3.8, 4) is 0 Å². The lowest BCUT2D eigenvalue weighted by molar-refractivity contribution is -0.137. The normalized spacial score (nSPS) is 14.0. The summed E-state index contributed by atoms with van der Waals surface area (Å²) >= 11 is 1.71. The first-order chi connectivity index (χ1) is 11.9. The second kappa shape index (κ2) is 7.43. The van der Waals surface area contributed by atoms with Crippen molar-refractivity contribution in [1.82, 2.24) is 10.3 Å². The number of halogens is 3. The van der Waals surface area contributed by atoms with Gasteiger partial charge in [0.05, 0.1) is 16.3 Å². The maximum Gasteiger partial charge on any atom is 0.416 e. The molecule has 1 heterocycles. The minimum atomic E-state index is -4.38. The molecule has 0 aliphatic heterocycles. The molecule has 0 radical (unpaired) electrons. The summed E-state index contributed by atoms with van der Waals surface area (Å²) in [6, 6.07) is 3.90. The molecule has 1 aliphatic carbocycles. The van der Waals surface area contributed by atoms with Crippen LogP contribution in [0, 0.1) is 0 Å². The fourth-order valence-corrected chi connectivity index (χ4v) is 3.87. The lowest BCUT2D eigenvalue weighted by atomic mass is 10.0. The third kappa shape index (κ3) is 4.72. The number of benzene rings is 1. The molecule has 8 heteroatoms. The van der Waals surface area contributed by atoms with Gasteiger partial charge < -0.3 is 10.6 Å². The van der Waals surface area contributed by atoms with Crippen molar-refractivity contribution in [3.63, 3.8) is 0 Å². The van der Waals surface area contributed by atoms with E-state index in [9.17, 15) is 18.0 Å². The predicted molar refractivity (Wildman–Crippen MR) is 90.9 cm³/mol. The Bertz CT molecular complexity index is 717. The number of alkyl halides is 3. The van der Waals surface area contributed by atoms with Crippen molar-refractivity contribution >= 4 is 23.1 Å². The van der Waals surface area contributed by atoms with Crippen molar-refractivity contribution in [2.75, 3.05) is 11.9 Å². The number of fused-ring (bicyclic) bond motifs is 1. The van der Waals surface area contributed by atoms with E-state index in [1.807, 2.05) is 0 Å². The molecule has 4 nitrogen and oxygen atoms in total. The minimum Gasteiger partial charge on any atom is -0.337 e. The van der Waals surface area contributed by atoms with Crippen molar-refractivity contribution in [1.29, 1.82) is 0 Å². The molecule has 0 saturated heterocycles. The van der Waals surface area contributed by atoms with Crippen LogP contribution < -0.4 is 10.6 Å². The molecule has 2 aromatic rings. The highest BCUT2D eigenvalue weighted by molar-refractivity contribution is 7.11. The number of anilines is 1. The number of aryl methyl sites for hydroxylation is 2. The molecule has 2 amide bonds. The zero-order valence-corrected chi connectivity index (χ0v) is 14.3. The highest BCUT2D eigenvalue weighted by Gasteiger charge is 2.29. The smallest absolute Gasteiger partial charge is 0.337 e. The molecule has 1 aromatic carbocycles. The Morgan fingerprint density at radius 1 is 1.16 bits per heavy atom. The topological polar surface area (TPSA) is 54.0 Å². The molecule has 0 unspecified atom stereocenters. The van der Waals surface area contributed by atoms with Gasteiger partial charge in [-0.05, 0) is 49.9 Å². The first-order valence-electron chi connectivity index (χ1n) is 8.11. The van der Waals surface area contributed by atoms with Crippen LogP contribution in [0.5, 0.6) is 0 Å². The number of nitrogens with zero attached hydrogens (tertiary/aromatic N) is 1. The number of thiazole rings is 1. The molecule has 0 atom stereocenters.